The zero-order chi connectivity index (χ0) is 17.0. The molecule has 0 fully saturated rings. The van der Waals surface area contributed by atoms with Gasteiger partial charge in [0.2, 0.25) is 0 Å². The largest absolute Gasteiger partial charge is 0.411 e. The van der Waals surface area contributed by atoms with Crippen LogP contribution in [0.5, 0.6) is 0 Å². The standard InChI is InChI=1S/C13H22N.C5H11NS2/c1-4-14(5-2,6-3)12-13-10-8-7-9-11-13;1-3-6(4-2)5(7)8/h7-11H,4-6,12H2,1-3H3;3-4H2,1-2H3,(H,7,8)/q+1;/p-1. The van der Waals surface area contributed by atoms with Crippen LogP contribution in [0.2, 0.25) is 0 Å². The van der Waals surface area contributed by atoms with Gasteiger partial charge in [-0.3, -0.25) is 0 Å². The van der Waals surface area contributed by atoms with E-state index in [4.69, 9.17) is 24.8 Å². The summed E-state index contributed by atoms with van der Waals surface area (Å²) < 4.78 is 1.78. The van der Waals surface area contributed by atoms with Crippen molar-refractivity contribution in [3.05, 3.63) is 35.9 Å². The van der Waals surface area contributed by atoms with E-state index in [1.807, 2.05) is 18.7 Å². The van der Waals surface area contributed by atoms with Gasteiger partial charge < -0.3 is 34.2 Å². The molecule has 4 heteroatoms. The summed E-state index contributed by atoms with van der Waals surface area (Å²) in [5, 5.41) is 0. The molecule has 0 saturated heterocycles. The van der Waals surface area contributed by atoms with Crippen molar-refractivity contribution in [2.75, 3.05) is 32.7 Å². The molecule has 0 radical (unpaired) electrons. The van der Waals surface area contributed by atoms with Gasteiger partial charge >= 0.3 is 0 Å². The van der Waals surface area contributed by atoms with Crippen LogP contribution in [-0.4, -0.2) is 46.4 Å². The number of thiocarbonyl (C=S) groups is 1. The van der Waals surface area contributed by atoms with E-state index in [9.17, 15) is 0 Å². The molecule has 0 aliphatic carbocycles. The third kappa shape index (κ3) is 7.52. The van der Waals surface area contributed by atoms with Crippen LogP contribution in [0, 0.1) is 0 Å². The average molecular weight is 341 g/mol. The number of quaternary nitrogens is 1. The molecule has 0 aliphatic heterocycles. The highest BCUT2D eigenvalue weighted by atomic mass is 32.1. The molecule has 0 spiro atoms. The first-order chi connectivity index (χ1) is 10.5. The van der Waals surface area contributed by atoms with Crippen molar-refractivity contribution in [3.8, 4) is 0 Å². The van der Waals surface area contributed by atoms with Gasteiger partial charge in [0.1, 0.15) is 6.54 Å². The van der Waals surface area contributed by atoms with Crippen LogP contribution < -0.4 is 0 Å². The second-order valence-electron chi connectivity index (χ2n) is 5.37. The summed E-state index contributed by atoms with van der Waals surface area (Å²) in [6.07, 6.45) is 0. The molecule has 0 bridgehead atoms. The molecular weight excluding hydrogens is 308 g/mol. The fourth-order valence-electron chi connectivity index (χ4n) is 2.46. The van der Waals surface area contributed by atoms with Crippen LogP contribution in [0.15, 0.2) is 30.3 Å². The second-order valence-corrected chi connectivity index (χ2v) is 6.40. The van der Waals surface area contributed by atoms with E-state index in [0.717, 1.165) is 13.1 Å². The van der Waals surface area contributed by atoms with E-state index >= 15 is 0 Å². The first-order valence-electron chi connectivity index (χ1n) is 8.33. The van der Waals surface area contributed by atoms with Gasteiger partial charge in [0.25, 0.3) is 0 Å². The van der Waals surface area contributed by atoms with E-state index in [1.165, 1.54) is 36.2 Å². The van der Waals surface area contributed by atoms with Crippen LogP contribution in [0.4, 0.5) is 0 Å². The molecule has 22 heavy (non-hydrogen) atoms. The van der Waals surface area contributed by atoms with Crippen molar-refractivity contribution in [2.45, 2.75) is 41.2 Å². The molecule has 0 unspecified atom stereocenters. The molecule has 0 N–H and O–H groups in total. The van der Waals surface area contributed by atoms with Crippen LogP contribution in [0.1, 0.15) is 40.2 Å². The molecule has 0 atom stereocenters. The molecule has 0 aromatic heterocycles. The molecule has 0 heterocycles. The first kappa shape index (κ1) is 21.3. The number of hydrogen-bond acceptors (Lipinski definition) is 2. The molecular formula is C18H32N2S2. The Morgan fingerprint density at radius 2 is 1.41 bits per heavy atom. The Kier molecular flexibility index (Phi) is 11.4. The normalized spacial score (nSPS) is 10.6. The lowest BCUT2D eigenvalue weighted by Gasteiger charge is -2.35. The molecule has 1 aromatic rings. The third-order valence-corrected chi connectivity index (χ3v) is 4.91. The van der Waals surface area contributed by atoms with Crippen LogP contribution in [-0.2, 0) is 19.2 Å². The molecule has 2 nitrogen and oxygen atoms in total. The number of hydrogen-bond donors (Lipinski definition) is 0. The smallest absolute Gasteiger partial charge is 0.104 e. The van der Waals surface area contributed by atoms with Crippen LogP contribution >= 0.6 is 12.2 Å². The fraction of sp³-hybridized carbons (Fsp3) is 0.611. The molecule has 0 aliphatic rings. The highest BCUT2D eigenvalue weighted by Gasteiger charge is 2.20. The van der Waals surface area contributed by atoms with Crippen molar-refractivity contribution < 1.29 is 4.48 Å². The second kappa shape index (κ2) is 11.8. The minimum atomic E-state index is 0.579. The maximum Gasteiger partial charge on any atom is 0.104 e. The monoisotopic (exact) mass is 340 g/mol. The van der Waals surface area contributed by atoms with Gasteiger partial charge in [-0.2, -0.15) is 0 Å². The van der Waals surface area contributed by atoms with Gasteiger partial charge in [0, 0.05) is 18.7 Å². The van der Waals surface area contributed by atoms with Crippen LogP contribution in [0.25, 0.3) is 0 Å². The predicted molar refractivity (Wildman–Crippen MR) is 105 cm³/mol. The van der Waals surface area contributed by atoms with Crippen molar-refractivity contribution in [1.82, 2.24) is 4.90 Å². The maximum atomic E-state index is 4.76. The zero-order valence-corrected chi connectivity index (χ0v) is 16.5. The number of nitrogens with zero attached hydrogens (tertiary/aromatic N) is 2. The molecule has 126 valence electrons. The van der Waals surface area contributed by atoms with E-state index in [2.05, 4.69) is 51.1 Å². The highest BCUT2D eigenvalue weighted by Crippen LogP contribution is 2.13. The summed E-state index contributed by atoms with van der Waals surface area (Å²) >= 11 is 9.51. The molecule has 0 saturated carbocycles. The van der Waals surface area contributed by atoms with E-state index in [0.29, 0.717) is 4.32 Å². The summed E-state index contributed by atoms with van der Waals surface area (Å²) in [6.45, 7) is 17.7. The lowest BCUT2D eigenvalue weighted by molar-refractivity contribution is -0.936. The Morgan fingerprint density at radius 3 is 1.68 bits per heavy atom. The Morgan fingerprint density at radius 1 is 0.955 bits per heavy atom. The average Bonchev–Trinajstić information content (AvgIpc) is 2.55. The molecule has 0 amide bonds. The minimum absolute atomic E-state index is 0.579. The predicted octanol–water partition coefficient (Wildman–Crippen LogP) is 4.22. The topological polar surface area (TPSA) is 3.24 Å². The SMILES string of the molecule is CCN(CC)C(=S)[S-].CC[N+](CC)(CC)Cc1ccccc1. The van der Waals surface area contributed by atoms with E-state index in [-0.39, 0.29) is 0 Å². The van der Waals surface area contributed by atoms with Gasteiger partial charge in [-0.15, -0.1) is 0 Å². The Labute approximate surface area is 148 Å². The highest BCUT2D eigenvalue weighted by molar-refractivity contribution is 8.00. The fourth-order valence-corrected chi connectivity index (χ4v) is 2.98. The van der Waals surface area contributed by atoms with E-state index < -0.39 is 0 Å². The number of rotatable bonds is 7. The lowest BCUT2D eigenvalue weighted by Crippen LogP contribution is -2.46. The van der Waals surface area contributed by atoms with Crippen molar-refractivity contribution >= 4 is 29.2 Å². The van der Waals surface area contributed by atoms with Gasteiger partial charge in [0.15, 0.2) is 0 Å². The van der Waals surface area contributed by atoms with Crippen molar-refractivity contribution in [3.63, 3.8) is 0 Å². The Hall–Kier alpha value is -0.710. The summed E-state index contributed by atoms with van der Waals surface area (Å²) in [6, 6.07) is 10.8. The van der Waals surface area contributed by atoms with Gasteiger partial charge in [-0.1, -0.05) is 34.7 Å². The van der Waals surface area contributed by atoms with Gasteiger partial charge in [0.05, 0.1) is 19.6 Å². The summed E-state index contributed by atoms with van der Waals surface area (Å²) in [7, 11) is 0. The summed E-state index contributed by atoms with van der Waals surface area (Å²) in [5.74, 6) is 0. The number of benzene rings is 1. The first-order valence-corrected chi connectivity index (χ1v) is 9.15. The van der Waals surface area contributed by atoms with Gasteiger partial charge in [-0.05, 0) is 34.6 Å². The molecule has 1 aromatic carbocycles. The van der Waals surface area contributed by atoms with Crippen molar-refractivity contribution in [2.24, 2.45) is 0 Å². The summed E-state index contributed by atoms with van der Waals surface area (Å²) in [5.41, 5.74) is 1.46. The quantitative estimate of drug-likeness (QED) is 0.415. The minimum Gasteiger partial charge on any atom is -0.411 e. The molecule has 1 rings (SSSR count). The summed E-state index contributed by atoms with van der Waals surface area (Å²) in [4.78, 5) is 1.96. The van der Waals surface area contributed by atoms with E-state index in [1.54, 1.807) is 0 Å². The lowest BCUT2D eigenvalue weighted by atomic mass is 10.2. The Bertz CT molecular complexity index is 391. The van der Waals surface area contributed by atoms with Crippen molar-refractivity contribution in [1.29, 1.82) is 0 Å². The zero-order valence-electron chi connectivity index (χ0n) is 14.8. The Balaban J connectivity index is 0.000000472. The van der Waals surface area contributed by atoms with Crippen LogP contribution in [0.3, 0.4) is 0 Å². The third-order valence-electron chi connectivity index (χ3n) is 4.39. The maximum absolute atomic E-state index is 4.76. The van der Waals surface area contributed by atoms with Gasteiger partial charge in [-0.25, -0.2) is 0 Å².